The number of benzene rings is 1. The number of amides is 3. The summed E-state index contributed by atoms with van der Waals surface area (Å²) in [5, 5.41) is 19.3. The number of aliphatic hydroxyl groups is 1. The summed E-state index contributed by atoms with van der Waals surface area (Å²) >= 11 is 0. The summed E-state index contributed by atoms with van der Waals surface area (Å²) in [7, 11) is 1.80. The van der Waals surface area contributed by atoms with E-state index in [0.717, 1.165) is 55.3 Å². The number of hydrogen-bond donors (Lipinski definition) is 4. The number of carbonyl (C=O) groups is 2. The molecule has 2 aliphatic carbocycles. The molecule has 8 nitrogen and oxygen atoms in total. The maximum absolute atomic E-state index is 12.7. The SMILES string of the molecule is Cc1ccc(C(=O)N[C@H]2CCCC[C@@H]2O)cc1NCc1ccc(NC(=O)N(C)C2CC2)nc1. The standard InChI is InChI=1S/C25H33N5O3/c1-16-7-9-18(24(32)28-20-5-3-4-6-22(20)31)13-21(16)26-14-17-8-12-23(27-15-17)29-25(33)30(2)19-10-11-19/h7-9,12-13,15,19-20,22,26,31H,3-6,10-11,14H2,1-2H3,(H,28,32)(H,27,29,33)/t20-,22-/m0/s1. The fourth-order valence-electron chi connectivity index (χ4n) is 4.11. The van der Waals surface area contributed by atoms with Crippen LogP contribution < -0.4 is 16.0 Å². The fourth-order valence-corrected chi connectivity index (χ4v) is 4.11. The van der Waals surface area contributed by atoms with Gasteiger partial charge in [-0.15, -0.1) is 0 Å². The van der Waals surface area contributed by atoms with Crippen LogP contribution in [0.1, 0.15) is 60.0 Å². The van der Waals surface area contributed by atoms with Crippen LogP contribution in [0.5, 0.6) is 0 Å². The van der Waals surface area contributed by atoms with Gasteiger partial charge in [0.05, 0.1) is 12.1 Å². The van der Waals surface area contributed by atoms with Crippen molar-refractivity contribution >= 4 is 23.4 Å². The third-order valence-corrected chi connectivity index (χ3v) is 6.50. The molecule has 4 rings (SSSR count). The van der Waals surface area contributed by atoms with Crippen molar-refractivity contribution in [1.82, 2.24) is 15.2 Å². The van der Waals surface area contributed by atoms with Crippen molar-refractivity contribution < 1.29 is 14.7 Å². The monoisotopic (exact) mass is 451 g/mol. The molecule has 2 saturated carbocycles. The summed E-state index contributed by atoms with van der Waals surface area (Å²) in [4.78, 5) is 31.0. The number of aryl methyl sites for hydroxylation is 1. The Labute approximate surface area is 194 Å². The normalized spacial score (nSPS) is 20.1. The zero-order valence-electron chi connectivity index (χ0n) is 19.3. The van der Waals surface area contributed by atoms with Crippen molar-refractivity contribution in [3.8, 4) is 0 Å². The Kier molecular flexibility index (Phi) is 7.13. The molecule has 0 bridgehead atoms. The second-order valence-electron chi connectivity index (χ2n) is 9.14. The number of pyridine rings is 1. The van der Waals surface area contributed by atoms with Crippen LogP contribution in [0.2, 0.25) is 0 Å². The maximum Gasteiger partial charge on any atom is 0.322 e. The first-order valence-corrected chi connectivity index (χ1v) is 11.7. The quantitative estimate of drug-likeness (QED) is 0.514. The minimum absolute atomic E-state index is 0.137. The molecule has 0 saturated heterocycles. The van der Waals surface area contributed by atoms with Crippen LogP contribution in [0.25, 0.3) is 0 Å². The molecule has 33 heavy (non-hydrogen) atoms. The summed E-state index contributed by atoms with van der Waals surface area (Å²) in [5.41, 5.74) is 3.43. The first-order valence-electron chi connectivity index (χ1n) is 11.7. The van der Waals surface area contributed by atoms with E-state index in [4.69, 9.17) is 0 Å². The van der Waals surface area contributed by atoms with Crippen LogP contribution in [-0.2, 0) is 6.54 Å². The topological polar surface area (TPSA) is 107 Å². The summed E-state index contributed by atoms with van der Waals surface area (Å²) in [6.07, 6.45) is 6.96. The highest BCUT2D eigenvalue weighted by Crippen LogP contribution is 2.26. The van der Waals surface area contributed by atoms with Gasteiger partial charge in [0.25, 0.3) is 5.91 Å². The van der Waals surface area contributed by atoms with Gasteiger partial charge in [0.2, 0.25) is 0 Å². The van der Waals surface area contributed by atoms with Crippen molar-refractivity contribution in [2.45, 2.75) is 70.2 Å². The molecular weight excluding hydrogens is 418 g/mol. The number of nitrogens with zero attached hydrogens (tertiary/aromatic N) is 2. The van der Waals surface area contributed by atoms with Crippen LogP contribution in [0.4, 0.5) is 16.3 Å². The van der Waals surface area contributed by atoms with E-state index in [1.54, 1.807) is 24.2 Å². The molecule has 8 heteroatoms. The predicted octanol–water partition coefficient (Wildman–Crippen LogP) is 3.66. The molecule has 2 fully saturated rings. The van der Waals surface area contributed by atoms with E-state index >= 15 is 0 Å². The molecular formula is C25H33N5O3. The first kappa shape index (κ1) is 23.0. The molecule has 2 atom stereocenters. The highest BCUT2D eigenvalue weighted by molar-refractivity contribution is 5.95. The minimum Gasteiger partial charge on any atom is -0.391 e. The van der Waals surface area contributed by atoms with Gasteiger partial charge in [-0.2, -0.15) is 0 Å². The highest BCUT2D eigenvalue weighted by atomic mass is 16.3. The van der Waals surface area contributed by atoms with Gasteiger partial charge in [0, 0.05) is 37.1 Å². The molecule has 2 aliphatic rings. The largest absolute Gasteiger partial charge is 0.391 e. The summed E-state index contributed by atoms with van der Waals surface area (Å²) in [6, 6.07) is 9.31. The smallest absolute Gasteiger partial charge is 0.322 e. The lowest BCUT2D eigenvalue weighted by Gasteiger charge is -2.28. The van der Waals surface area contributed by atoms with Gasteiger partial charge in [-0.05, 0) is 61.9 Å². The van der Waals surface area contributed by atoms with Crippen molar-refractivity contribution in [2.75, 3.05) is 17.7 Å². The molecule has 1 aromatic carbocycles. The van der Waals surface area contributed by atoms with E-state index in [-0.39, 0.29) is 18.0 Å². The number of anilines is 2. The Hall–Kier alpha value is -3.13. The van der Waals surface area contributed by atoms with Gasteiger partial charge >= 0.3 is 6.03 Å². The number of hydrogen-bond acceptors (Lipinski definition) is 5. The van der Waals surface area contributed by atoms with Crippen molar-refractivity contribution in [3.05, 3.63) is 53.2 Å². The lowest BCUT2D eigenvalue weighted by molar-refractivity contribution is 0.0717. The number of carbonyl (C=O) groups excluding carboxylic acids is 2. The Bertz CT molecular complexity index is 990. The highest BCUT2D eigenvalue weighted by Gasteiger charge is 2.29. The minimum atomic E-state index is -0.472. The fraction of sp³-hybridized carbons (Fsp3) is 0.480. The van der Waals surface area contributed by atoms with Gasteiger partial charge in [0.15, 0.2) is 0 Å². The molecule has 0 aliphatic heterocycles. The van der Waals surface area contributed by atoms with Crippen molar-refractivity contribution in [2.24, 2.45) is 0 Å². The Morgan fingerprint density at radius 1 is 1.12 bits per heavy atom. The van der Waals surface area contributed by atoms with Crippen molar-refractivity contribution in [3.63, 3.8) is 0 Å². The van der Waals surface area contributed by atoms with Gasteiger partial charge in [-0.1, -0.05) is 25.0 Å². The molecule has 176 valence electrons. The van der Waals surface area contributed by atoms with Crippen LogP contribution in [0, 0.1) is 6.92 Å². The van der Waals surface area contributed by atoms with Crippen LogP contribution in [0.15, 0.2) is 36.5 Å². The number of urea groups is 1. The van der Waals surface area contributed by atoms with E-state index in [1.165, 1.54) is 0 Å². The van der Waals surface area contributed by atoms with Gasteiger partial charge in [0.1, 0.15) is 5.82 Å². The molecule has 1 aromatic heterocycles. The number of rotatable bonds is 7. The zero-order valence-corrected chi connectivity index (χ0v) is 19.3. The predicted molar refractivity (Wildman–Crippen MR) is 128 cm³/mol. The van der Waals surface area contributed by atoms with E-state index in [2.05, 4.69) is 20.9 Å². The molecule has 4 N–H and O–H groups in total. The third kappa shape index (κ3) is 6.01. The van der Waals surface area contributed by atoms with Crippen molar-refractivity contribution in [1.29, 1.82) is 0 Å². The number of nitrogens with one attached hydrogen (secondary N) is 3. The summed E-state index contributed by atoms with van der Waals surface area (Å²) in [6.45, 7) is 2.53. The van der Waals surface area contributed by atoms with Gasteiger partial charge < -0.3 is 20.6 Å². The third-order valence-electron chi connectivity index (χ3n) is 6.50. The summed E-state index contributed by atoms with van der Waals surface area (Å²) < 4.78 is 0. The summed E-state index contributed by atoms with van der Waals surface area (Å²) in [5.74, 6) is 0.359. The second-order valence-corrected chi connectivity index (χ2v) is 9.14. The average molecular weight is 452 g/mol. The molecule has 0 unspecified atom stereocenters. The van der Waals surface area contributed by atoms with E-state index in [0.29, 0.717) is 24.0 Å². The maximum atomic E-state index is 12.7. The van der Waals surface area contributed by atoms with Gasteiger partial charge in [-0.3, -0.25) is 10.1 Å². The van der Waals surface area contributed by atoms with E-state index in [9.17, 15) is 14.7 Å². The average Bonchev–Trinajstić information content (AvgIpc) is 3.66. The lowest BCUT2D eigenvalue weighted by atomic mass is 9.92. The Morgan fingerprint density at radius 2 is 1.91 bits per heavy atom. The van der Waals surface area contributed by atoms with Crippen LogP contribution in [-0.4, -0.2) is 52.2 Å². The second kappa shape index (κ2) is 10.2. The van der Waals surface area contributed by atoms with E-state index < -0.39 is 6.10 Å². The number of aromatic nitrogens is 1. The molecule has 1 heterocycles. The Morgan fingerprint density at radius 3 is 2.61 bits per heavy atom. The van der Waals surface area contributed by atoms with Crippen LogP contribution >= 0.6 is 0 Å². The zero-order chi connectivity index (χ0) is 23.4. The molecule has 0 spiro atoms. The Balaban J connectivity index is 1.33. The number of aliphatic hydroxyl groups excluding tert-OH is 1. The lowest BCUT2D eigenvalue weighted by Crippen LogP contribution is -2.45. The molecule has 2 aromatic rings. The molecule has 0 radical (unpaired) electrons. The molecule has 3 amide bonds. The van der Waals surface area contributed by atoms with Crippen LogP contribution in [0.3, 0.4) is 0 Å². The van der Waals surface area contributed by atoms with Gasteiger partial charge in [-0.25, -0.2) is 9.78 Å². The first-order chi connectivity index (χ1) is 15.9. The van der Waals surface area contributed by atoms with E-state index in [1.807, 2.05) is 31.2 Å².